The van der Waals surface area contributed by atoms with E-state index in [4.69, 9.17) is 4.74 Å². The number of carbonyl (C=O) groups excluding carboxylic acids is 3. The number of urea groups is 2. The van der Waals surface area contributed by atoms with Gasteiger partial charge in [0, 0.05) is 33.8 Å². The molecule has 3 aliphatic rings. The van der Waals surface area contributed by atoms with Crippen LogP contribution in [0.1, 0.15) is 58.3 Å². The summed E-state index contributed by atoms with van der Waals surface area (Å²) in [6, 6.07) is 0.528. The lowest BCUT2D eigenvalue weighted by atomic mass is 9.83. The molecule has 1 saturated carbocycles. The Morgan fingerprint density at radius 1 is 1.11 bits per heavy atom. The minimum absolute atomic E-state index is 0.0864. The van der Waals surface area contributed by atoms with Gasteiger partial charge in [-0.2, -0.15) is 0 Å². The summed E-state index contributed by atoms with van der Waals surface area (Å²) in [7, 11) is -4.52. The number of hydrogen-bond acceptors (Lipinski definition) is 6. The highest BCUT2D eigenvalue weighted by Gasteiger charge is 2.59. The van der Waals surface area contributed by atoms with Crippen LogP contribution >= 0.6 is 0 Å². The second-order valence-corrected chi connectivity index (χ2v) is 20.1. The number of sulfone groups is 1. The van der Waals surface area contributed by atoms with Gasteiger partial charge in [-0.15, -0.1) is 0 Å². The van der Waals surface area contributed by atoms with Crippen molar-refractivity contribution in [2.75, 3.05) is 37.9 Å². The highest BCUT2D eigenvalue weighted by molar-refractivity contribution is 7.91. The van der Waals surface area contributed by atoms with E-state index < -0.39 is 23.5 Å². The largest absolute Gasteiger partial charge is 0.361 e. The van der Waals surface area contributed by atoms with Gasteiger partial charge in [-0.3, -0.25) is 4.79 Å². The van der Waals surface area contributed by atoms with Crippen molar-refractivity contribution in [3.63, 3.8) is 0 Å². The fraction of sp³-hybridized carbons (Fsp3) is 0.880. The third kappa shape index (κ3) is 7.92. The average molecular weight is 559 g/mol. The third-order valence-electron chi connectivity index (χ3n) is 7.93. The Balaban J connectivity index is 1.61. The number of unbranched alkanes of at least 4 members (excludes halogenated alkanes) is 1. The van der Waals surface area contributed by atoms with Gasteiger partial charge >= 0.3 is 12.1 Å². The van der Waals surface area contributed by atoms with Gasteiger partial charge in [0.25, 0.3) is 5.91 Å². The molecule has 0 aromatic rings. The molecular weight excluding hydrogens is 512 g/mol. The van der Waals surface area contributed by atoms with Crippen molar-refractivity contribution < 1.29 is 27.5 Å². The predicted molar refractivity (Wildman–Crippen MR) is 146 cm³/mol. The molecular formula is C25H46N4O6SSi. The van der Waals surface area contributed by atoms with Crippen LogP contribution in [0.25, 0.3) is 0 Å². The maximum absolute atomic E-state index is 13.6. The number of nitrogens with one attached hydrogen (secondary N) is 2. The van der Waals surface area contributed by atoms with Crippen LogP contribution in [0.15, 0.2) is 0 Å². The summed E-state index contributed by atoms with van der Waals surface area (Å²) in [5.74, 6) is -0.298. The molecule has 1 spiro atoms. The van der Waals surface area contributed by atoms with Crippen molar-refractivity contribution in [3.8, 4) is 0 Å². The maximum Gasteiger partial charge on any atom is 0.329 e. The first kappa shape index (κ1) is 29.9. The standard InChI is InChI=1S/C25H46N4O6SSi/c1-5-6-13-26-23(31)27-21-9-7-20(8-10-21)18-29-24(32)28(19-35-14-17-37(2,3)4)22(30)25(29)11-15-36(33,34)16-12-25/h20-21H,5-19H2,1-4H3,(H2,26,27,31). The van der Waals surface area contributed by atoms with Gasteiger partial charge in [0.05, 0.1) is 11.5 Å². The van der Waals surface area contributed by atoms with Crippen LogP contribution < -0.4 is 10.6 Å². The Bertz CT molecular complexity index is 916. The normalized spacial score (nSPS) is 25.5. The number of hydrogen-bond donors (Lipinski definition) is 2. The zero-order valence-corrected chi connectivity index (χ0v) is 24.8. The van der Waals surface area contributed by atoms with Crippen molar-refractivity contribution in [1.82, 2.24) is 20.4 Å². The lowest BCUT2D eigenvalue weighted by Crippen LogP contribution is -2.56. The van der Waals surface area contributed by atoms with Gasteiger partial charge in [0.2, 0.25) is 0 Å². The molecule has 0 bridgehead atoms. The minimum atomic E-state index is -3.21. The zero-order valence-electron chi connectivity index (χ0n) is 23.0. The molecule has 2 aliphatic heterocycles. The summed E-state index contributed by atoms with van der Waals surface area (Å²) in [6.45, 7) is 10.3. The smallest absolute Gasteiger partial charge is 0.329 e. The van der Waals surface area contributed by atoms with E-state index in [1.165, 1.54) is 4.90 Å². The molecule has 212 valence electrons. The molecule has 2 heterocycles. The Hall–Kier alpha value is -1.66. The highest BCUT2D eigenvalue weighted by Crippen LogP contribution is 2.40. The van der Waals surface area contributed by atoms with Crippen molar-refractivity contribution in [1.29, 1.82) is 0 Å². The zero-order chi connectivity index (χ0) is 27.3. The monoisotopic (exact) mass is 558 g/mol. The summed E-state index contributed by atoms with van der Waals surface area (Å²) < 4.78 is 30.1. The van der Waals surface area contributed by atoms with Gasteiger partial charge in [-0.05, 0) is 56.9 Å². The summed E-state index contributed by atoms with van der Waals surface area (Å²) in [6.07, 6.45) is 5.54. The topological polar surface area (TPSA) is 125 Å². The van der Waals surface area contributed by atoms with Crippen molar-refractivity contribution in [2.45, 2.75) is 95.6 Å². The quantitative estimate of drug-likeness (QED) is 0.228. The van der Waals surface area contributed by atoms with Crippen LogP contribution in [0.4, 0.5) is 9.59 Å². The molecule has 0 aromatic heterocycles. The van der Waals surface area contributed by atoms with Crippen LogP contribution in [-0.2, 0) is 19.4 Å². The molecule has 0 aromatic carbocycles. The first-order valence-electron chi connectivity index (χ1n) is 13.8. The number of ether oxygens (including phenoxy) is 1. The second kappa shape index (κ2) is 12.5. The molecule has 37 heavy (non-hydrogen) atoms. The van der Waals surface area contributed by atoms with Gasteiger partial charge in [0.15, 0.2) is 9.84 Å². The first-order chi connectivity index (χ1) is 17.4. The maximum atomic E-state index is 13.6. The molecule has 10 nitrogen and oxygen atoms in total. The molecule has 5 amide bonds. The summed E-state index contributed by atoms with van der Waals surface area (Å²) >= 11 is 0. The van der Waals surface area contributed by atoms with Crippen molar-refractivity contribution >= 4 is 35.9 Å². The molecule has 3 rings (SSSR count). The Morgan fingerprint density at radius 3 is 2.35 bits per heavy atom. The Morgan fingerprint density at radius 2 is 1.76 bits per heavy atom. The molecule has 3 fully saturated rings. The fourth-order valence-corrected chi connectivity index (χ4v) is 7.66. The lowest BCUT2D eigenvalue weighted by molar-refractivity contribution is -0.137. The first-order valence-corrected chi connectivity index (χ1v) is 19.4. The van der Waals surface area contributed by atoms with E-state index in [0.29, 0.717) is 19.7 Å². The van der Waals surface area contributed by atoms with Crippen LogP contribution in [0.3, 0.4) is 0 Å². The van der Waals surface area contributed by atoms with Gasteiger partial charge in [0.1, 0.15) is 12.3 Å². The number of imide groups is 1. The molecule has 0 radical (unpaired) electrons. The second-order valence-electron chi connectivity index (χ2n) is 12.1. The molecule has 1 aliphatic carbocycles. The van der Waals surface area contributed by atoms with Crippen molar-refractivity contribution in [3.05, 3.63) is 0 Å². The van der Waals surface area contributed by atoms with Crippen LogP contribution in [-0.4, -0.2) is 93.8 Å². The van der Waals surface area contributed by atoms with E-state index >= 15 is 0 Å². The fourth-order valence-electron chi connectivity index (χ4n) is 5.41. The van der Waals surface area contributed by atoms with E-state index in [0.717, 1.165) is 44.6 Å². The van der Waals surface area contributed by atoms with Gasteiger partial charge in [-0.1, -0.05) is 33.0 Å². The van der Waals surface area contributed by atoms with E-state index in [1.54, 1.807) is 4.90 Å². The summed E-state index contributed by atoms with van der Waals surface area (Å²) in [5.41, 5.74) is -1.10. The number of rotatable bonds is 11. The van der Waals surface area contributed by atoms with E-state index in [9.17, 15) is 22.8 Å². The predicted octanol–water partition coefficient (Wildman–Crippen LogP) is 3.17. The van der Waals surface area contributed by atoms with E-state index in [-0.39, 0.29) is 61.0 Å². The molecule has 2 N–H and O–H groups in total. The number of carbonyl (C=O) groups is 3. The Labute approximate surface area is 223 Å². The SMILES string of the molecule is CCCCNC(=O)NC1CCC(CN2C(=O)N(COCC[Si](C)(C)C)C(=O)C23CCS(=O)(=O)CC3)CC1. The van der Waals surface area contributed by atoms with Crippen LogP contribution in [0.5, 0.6) is 0 Å². The van der Waals surface area contributed by atoms with Crippen LogP contribution in [0.2, 0.25) is 25.7 Å². The third-order valence-corrected chi connectivity index (χ3v) is 11.3. The Kier molecular flexibility index (Phi) is 10.1. The molecule has 12 heteroatoms. The minimum Gasteiger partial charge on any atom is -0.361 e. The number of amides is 5. The van der Waals surface area contributed by atoms with E-state index in [2.05, 4.69) is 37.2 Å². The highest BCUT2D eigenvalue weighted by atomic mass is 32.2. The van der Waals surface area contributed by atoms with E-state index in [1.807, 2.05) is 0 Å². The molecule has 0 atom stereocenters. The summed E-state index contributed by atoms with van der Waals surface area (Å²) in [4.78, 5) is 42.0. The summed E-state index contributed by atoms with van der Waals surface area (Å²) in [5, 5.41) is 5.93. The number of nitrogens with zero attached hydrogens (tertiary/aromatic N) is 2. The average Bonchev–Trinajstić information content (AvgIpc) is 3.01. The van der Waals surface area contributed by atoms with Crippen LogP contribution in [0, 0.1) is 5.92 Å². The molecule has 0 unspecified atom stereocenters. The van der Waals surface area contributed by atoms with Gasteiger partial charge in [-0.25, -0.2) is 22.9 Å². The van der Waals surface area contributed by atoms with Gasteiger partial charge < -0.3 is 20.3 Å². The molecule has 2 saturated heterocycles. The van der Waals surface area contributed by atoms with Crippen molar-refractivity contribution in [2.24, 2.45) is 5.92 Å². The lowest BCUT2D eigenvalue weighted by Gasteiger charge is -2.40.